The Hall–Kier alpha value is -2.14. The molecule has 2 nitrogen and oxygen atoms in total. The second-order valence-electron chi connectivity index (χ2n) is 7.32. The lowest BCUT2D eigenvalue weighted by Gasteiger charge is -2.27. The fourth-order valence-electron chi connectivity index (χ4n) is 2.65. The minimum atomic E-state index is -4.75. The molecule has 0 radical (unpaired) electrons. The molecule has 25 heavy (non-hydrogen) atoms. The number of aliphatic hydroxyl groups is 1. The molecule has 2 rings (SSSR count). The van der Waals surface area contributed by atoms with Crippen molar-refractivity contribution >= 4 is 6.29 Å². The Balaban J connectivity index is 2.53. The lowest BCUT2D eigenvalue weighted by molar-refractivity contribution is -0.258. The van der Waals surface area contributed by atoms with Gasteiger partial charge in [-0.2, -0.15) is 13.2 Å². The zero-order chi connectivity index (χ0) is 19.0. The zero-order valence-electron chi connectivity index (χ0n) is 14.6. The maximum atomic E-state index is 13.0. The van der Waals surface area contributed by atoms with Gasteiger partial charge in [0.25, 0.3) is 0 Å². The molecule has 1 unspecified atom stereocenters. The molecule has 5 heteroatoms. The van der Waals surface area contributed by atoms with Crippen LogP contribution in [0.5, 0.6) is 0 Å². The van der Waals surface area contributed by atoms with E-state index in [1.807, 2.05) is 20.8 Å². The minimum Gasteiger partial charge on any atom is -0.376 e. The summed E-state index contributed by atoms with van der Waals surface area (Å²) in [6.45, 7) is 6.75. The molecule has 0 saturated carbocycles. The number of hydrogen-bond acceptors (Lipinski definition) is 2. The highest BCUT2D eigenvalue weighted by Crippen LogP contribution is 2.40. The van der Waals surface area contributed by atoms with Crippen LogP contribution in [0.2, 0.25) is 0 Å². The molecule has 0 saturated heterocycles. The lowest BCUT2D eigenvalue weighted by atomic mass is 9.80. The van der Waals surface area contributed by atoms with Crippen LogP contribution >= 0.6 is 0 Å². The number of hydrogen-bond donors (Lipinski definition) is 1. The second-order valence-corrected chi connectivity index (χ2v) is 7.32. The average molecular weight is 350 g/mol. The molecule has 0 aliphatic carbocycles. The third-order valence-electron chi connectivity index (χ3n) is 4.30. The predicted molar refractivity (Wildman–Crippen MR) is 91.6 cm³/mol. The van der Waals surface area contributed by atoms with Crippen molar-refractivity contribution in [3.05, 3.63) is 59.2 Å². The number of carbonyl (C=O) groups is 1. The molecule has 0 heterocycles. The smallest absolute Gasteiger partial charge is 0.376 e. The molecule has 134 valence electrons. The number of benzene rings is 2. The van der Waals surface area contributed by atoms with Crippen LogP contribution in [0.3, 0.4) is 0 Å². The molecule has 1 atom stereocenters. The number of aldehydes is 1. The van der Waals surface area contributed by atoms with Gasteiger partial charge in [-0.3, -0.25) is 4.79 Å². The van der Waals surface area contributed by atoms with Gasteiger partial charge in [0.05, 0.1) is 0 Å². The van der Waals surface area contributed by atoms with E-state index in [0.717, 1.165) is 29.9 Å². The topological polar surface area (TPSA) is 37.3 Å². The van der Waals surface area contributed by atoms with E-state index in [0.29, 0.717) is 5.56 Å². The Labute approximate surface area is 145 Å². The quantitative estimate of drug-likeness (QED) is 0.769. The Kier molecular flexibility index (Phi) is 4.83. The Morgan fingerprint density at radius 2 is 1.48 bits per heavy atom. The lowest BCUT2D eigenvalue weighted by Crippen LogP contribution is -2.39. The van der Waals surface area contributed by atoms with E-state index in [1.54, 1.807) is 30.3 Å². The van der Waals surface area contributed by atoms with Gasteiger partial charge in [0.2, 0.25) is 0 Å². The van der Waals surface area contributed by atoms with Crippen LogP contribution in [0.1, 0.15) is 49.2 Å². The van der Waals surface area contributed by atoms with Crippen molar-refractivity contribution in [1.29, 1.82) is 0 Å². The fourth-order valence-corrected chi connectivity index (χ4v) is 2.65. The first-order chi connectivity index (χ1) is 11.4. The number of alkyl halides is 3. The van der Waals surface area contributed by atoms with Crippen molar-refractivity contribution in [1.82, 2.24) is 0 Å². The minimum absolute atomic E-state index is 0.217. The van der Waals surface area contributed by atoms with Gasteiger partial charge in [0, 0.05) is 5.56 Å². The third kappa shape index (κ3) is 3.76. The largest absolute Gasteiger partial charge is 0.421 e. The normalized spacial score (nSPS) is 14.9. The third-order valence-corrected chi connectivity index (χ3v) is 4.30. The molecule has 0 bridgehead atoms. The molecule has 0 aliphatic rings. The fraction of sp³-hybridized carbons (Fsp3) is 0.350. The molecule has 0 aromatic heterocycles. The highest BCUT2D eigenvalue weighted by Gasteiger charge is 2.51. The van der Waals surface area contributed by atoms with E-state index in [1.165, 1.54) is 12.1 Å². The van der Waals surface area contributed by atoms with Gasteiger partial charge in [-0.1, -0.05) is 57.2 Å². The number of rotatable bonds is 3. The number of carbonyl (C=O) groups excluding carboxylic acids is 1. The van der Waals surface area contributed by atoms with Crippen LogP contribution < -0.4 is 0 Å². The van der Waals surface area contributed by atoms with Crippen LogP contribution in [-0.4, -0.2) is 17.6 Å². The van der Waals surface area contributed by atoms with E-state index in [-0.39, 0.29) is 11.0 Å². The Morgan fingerprint density at radius 1 is 0.920 bits per heavy atom. The summed E-state index contributed by atoms with van der Waals surface area (Å²) < 4.78 is 38.9. The van der Waals surface area contributed by atoms with Gasteiger partial charge in [-0.15, -0.1) is 0 Å². The highest BCUT2D eigenvalue weighted by molar-refractivity contribution is 5.79. The van der Waals surface area contributed by atoms with Crippen LogP contribution in [0.15, 0.2) is 42.5 Å². The van der Waals surface area contributed by atoms with Crippen molar-refractivity contribution in [2.45, 2.75) is 44.9 Å². The van der Waals surface area contributed by atoms with Gasteiger partial charge in [0.1, 0.15) is 6.29 Å². The molecule has 0 amide bonds. The van der Waals surface area contributed by atoms with Crippen molar-refractivity contribution in [3.63, 3.8) is 0 Å². The Morgan fingerprint density at radius 3 is 1.92 bits per heavy atom. The van der Waals surface area contributed by atoms with Crippen LogP contribution in [0, 0.1) is 0 Å². The summed E-state index contributed by atoms with van der Waals surface area (Å²) in [5, 5.41) is 9.77. The maximum absolute atomic E-state index is 13.0. The molecule has 2 aromatic rings. The average Bonchev–Trinajstić information content (AvgIpc) is 2.52. The highest BCUT2D eigenvalue weighted by atomic mass is 19.4. The first-order valence-electron chi connectivity index (χ1n) is 7.87. The van der Waals surface area contributed by atoms with E-state index in [9.17, 15) is 23.1 Å². The molecule has 2 aromatic carbocycles. The van der Waals surface area contributed by atoms with E-state index in [4.69, 9.17) is 0 Å². The summed E-state index contributed by atoms with van der Waals surface area (Å²) in [4.78, 5) is 11.0. The summed E-state index contributed by atoms with van der Waals surface area (Å²) in [5.41, 5.74) is -0.326. The Bertz CT molecular complexity index is 767. The summed E-state index contributed by atoms with van der Waals surface area (Å²) >= 11 is 0. The van der Waals surface area contributed by atoms with Gasteiger partial charge in [0.15, 0.2) is 5.60 Å². The van der Waals surface area contributed by atoms with E-state index >= 15 is 0 Å². The molecule has 1 N–H and O–H groups in total. The van der Waals surface area contributed by atoms with Crippen LogP contribution in [0.25, 0.3) is 11.1 Å². The van der Waals surface area contributed by atoms with E-state index in [2.05, 4.69) is 0 Å². The first-order valence-corrected chi connectivity index (χ1v) is 7.87. The summed E-state index contributed by atoms with van der Waals surface area (Å²) in [6, 6.07) is 10.9. The van der Waals surface area contributed by atoms with Gasteiger partial charge in [-0.05, 0) is 40.7 Å². The monoisotopic (exact) mass is 350 g/mol. The van der Waals surface area contributed by atoms with Crippen molar-refractivity contribution < 1.29 is 23.1 Å². The van der Waals surface area contributed by atoms with Crippen molar-refractivity contribution in [2.75, 3.05) is 0 Å². The molecule has 0 aliphatic heterocycles. The standard InChI is InChI=1S/C20H21F3O2/c1-18(2,3)17-11-13(12-24)5-10-16(17)14-6-8-15(9-7-14)19(4,25)20(21,22)23/h5-12,25H,1-4H3. The first kappa shape index (κ1) is 19.2. The molecule has 0 spiro atoms. The predicted octanol–water partition coefficient (Wildman–Crippen LogP) is 5.23. The van der Waals surface area contributed by atoms with E-state index < -0.39 is 11.8 Å². The summed E-state index contributed by atoms with van der Waals surface area (Å²) in [5.74, 6) is 0. The van der Waals surface area contributed by atoms with Crippen LogP contribution in [0.4, 0.5) is 13.2 Å². The molecular weight excluding hydrogens is 329 g/mol. The van der Waals surface area contributed by atoms with Gasteiger partial charge in [-0.25, -0.2) is 0 Å². The summed E-state index contributed by atoms with van der Waals surface area (Å²) in [6.07, 6.45) is -3.99. The molecule has 0 fully saturated rings. The van der Waals surface area contributed by atoms with Gasteiger partial charge < -0.3 is 5.11 Å². The maximum Gasteiger partial charge on any atom is 0.421 e. The molecular formula is C20H21F3O2. The summed E-state index contributed by atoms with van der Waals surface area (Å²) in [7, 11) is 0. The zero-order valence-corrected chi connectivity index (χ0v) is 14.6. The van der Waals surface area contributed by atoms with Crippen molar-refractivity contribution in [3.8, 4) is 11.1 Å². The van der Waals surface area contributed by atoms with Gasteiger partial charge >= 0.3 is 6.18 Å². The van der Waals surface area contributed by atoms with Crippen LogP contribution in [-0.2, 0) is 11.0 Å². The van der Waals surface area contributed by atoms with Crippen molar-refractivity contribution in [2.24, 2.45) is 0 Å². The second kappa shape index (κ2) is 6.30. The SMILES string of the molecule is CC(C)(C)c1cc(C=O)ccc1-c1ccc(C(C)(O)C(F)(F)F)cc1. The number of halogens is 3.